The monoisotopic (exact) mass is 312 g/mol. The van der Waals surface area contributed by atoms with Crippen molar-refractivity contribution >= 4 is 21.6 Å². The molecule has 0 aliphatic carbocycles. The lowest BCUT2D eigenvalue weighted by molar-refractivity contribution is 0.242. The molecule has 1 fully saturated rings. The molecule has 1 heterocycles. The van der Waals surface area contributed by atoms with Crippen LogP contribution >= 0.6 is 15.9 Å². The standard InChI is InChI=1S/C14H21BrN2O/c1-11(2)18-14-9-12(15)8-13(10-14)17-6-4-16(3)5-7-17/h8-11H,4-7H2,1-3H3. The fraction of sp³-hybridized carbons (Fsp3) is 0.571. The Bertz CT molecular complexity index is 401. The highest BCUT2D eigenvalue weighted by Gasteiger charge is 2.15. The van der Waals surface area contributed by atoms with Crippen molar-refractivity contribution in [1.29, 1.82) is 0 Å². The minimum absolute atomic E-state index is 0.208. The van der Waals surface area contributed by atoms with Gasteiger partial charge < -0.3 is 14.5 Å². The Morgan fingerprint density at radius 3 is 2.39 bits per heavy atom. The first kappa shape index (κ1) is 13.7. The zero-order chi connectivity index (χ0) is 13.1. The van der Waals surface area contributed by atoms with Crippen LogP contribution in [-0.4, -0.2) is 44.2 Å². The van der Waals surface area contributed by atoms with Gasteiger partial charge in [-0.05, 0) is 33.0 Å². The van der Waals surface area contributed by atoms with Gasteiger partial charge in [-0.25, -0.2) is 0 Å². The number of nitrogens with zero attached hydrogens (tertiary/aromatic N) is 2. The van der Waals surface area contributed by atoms with Crippen LogP contribution in [0.2, 0.25) is 0 Å². The Morgan fingerprint density at radius 2 is 1.78 bits per heavy atom. The Labute approximate surface area is 118 Å². The molecule has 1 saturated heterocycles. The van der Waals surface area contributed by atoms with Crippen LogP contribution in [0.25, 0.3) is 0 Å². The molecule has 0 N–H and O–H groups in total. The maximum absolute atomic E-state index is 5.78. The van der Waals surface area contributed by atoms with Gasteiger partial charge in [-0.1, -0.05) is 15.9 Å². The third-order valence-corrected chi connectivity index (χ3v) is 3.55. The third-order valence-electron chi connectivity index (χ3n) is 3.10. The average Bonchev–Trinajstić information content (AvgIpc) is 2.28. The van der Waals surface area contributed by atoms with Crippen LogP contribution in [0.4, 0.5) is 5.69 Å². The van der Waals surface area contributed by atoms with Crippen molar-refractivity contribution in [1.82, 2.24) is 4.90 Å². The molecule has 3 nitrogen and oxygen atoms in total. The fourth-order valence-corrected chi connectivity index (χ4v) is 2.60. The summed E-state index contributed by atoms with van der Waals surface area (Å²) in [5.41, 5.74) is 1.24. The van der Waals surface area contributed by atoms with Crippen molar-refractivity contribution < 1.29 is 4.74 Å². The number of halogens is 1. The van der Waals surface area contributed by atoms with Gasteiger partial charge in [-0.15, -0.1) is 0 Å². The second-order valence-electron chi connectivity index (χ2n) is 5.10. The van der Waals surface area contributed by atoms with E-state index in [9.17, 15) is 0 Å². The van der Waals surface area contributed by atoms with Crippen LogP contribution < -0.4 is 9.64 Å². The maximum Gasteiger partial charge on any atom is 0.122 e. The zero-order valence-electron chi connectivity index (χ0n) is 11.3. The van der Waals surface area contributed by atoms with E-state index in [1.807, 2.05) is 6.07 Å². The van der Waals surface area contributed by atoms with Crippen LogP contribution in [0.1, 0.15) is 13.8 Å². The van der Waals surface area contributed by atoms with Gasteiger partial charge in [0.15, 0.2) is 0 Å². The number of piperazine rings is 1. The largest absolute Gasteiger partial charge is 0.491 e. The molecule has 0 unspecified atom stereocenters. The molecule has 0 bridgehead atoms. The number of ether oxygens (including phenoxy) is 1. The molecule has 0 spiro atoms. The molecule has 1 aliphatic rings. The summed E-state index contributed by atoms with van der Waals surface area (Å²) in [4.78, 5) is 4.78. The minimum atomic E-state index is 0.208. The van der Waals surface area contributed by atoms with Gasteiger partial charge in [-0.2, -0.15) is 0 Å². The van der Waals surface area contributed by atoms with E-state index in [0.717, 1.165) is 36.4 Å². The Kier molecular flexibility index (Phi) is 4.51. The van der Waals surface area contributed by atoms with Crippen LogP contribution in [-0.2, 0) is 0 Å². The van der Waals surface area contributed by atoms with Gasteiger partial charge in [0.05, 0.1) is 6.10 Å². The maximum atomic E-state index is 5.78. The van der Waals surface area contributed by atoms with Crippen molar-refractivity contribution in [3.05, 3.63) is 22.7 Å². The van der Waals surface area contributed by atoms with E-state index in [-0.39, 0.29) is 6.10 Å². The summed E-state index contributed by atoms with van der Waals surface area (Å²) in [6, 6.07) is 6.33. The summed E-state index contributed by atoms with van der Waals surface area (Å²) in [5.74, 6) is 0.938. The number of likely N-dealkylation sites (N-methyl/N-ethyl adjacent to an activating group) is 1. The van der Waals surface area contributed by atoms with Crippen LogP contribution in [0.15, 0.2) is 22.7 Å². The molecular formula is C14H21BrN2O. The number of rotatable bonds is 3. The summed E-state index contributed by atoms with van der Waals surface area (Å²) in [6.07, 6.45) is 0.208. The molecule has 0 aromatic heterocycles. The predicted octanol–water partition coefficient (Wildman–Crippen LogP) is 2.99. The first-order valence-electron chi connectivity index (χ1n) is 6.45. The highest BCUT2D eigenvalue weighted by atomic mass is 79.9. The van der Waals surface area contributed by atoms with Crippen molar-refractivity contribution in [3.8, 4) is 5.75 Å². The lowest BCUT2D eigenvalue weighted by Gasteiger charge is -2.34. The number of benzene rings is 1. The highest BCUT2D eigenvalue weighted by Crippen LogP contribution is 2.28. The first-order valence-corrected chi connectivity index (χ1v) is 7.24. The second-order valence-corrected chi connectivity index (χ2v) is 6.02. The summed E-state index contributed by atoms with van der Waals surface area (Å²) in [7, 11) is 2.17. The van der Waals surface area contributed by atoms with Gasteiger partial charge in [-0.3, -0.25) is 0 Å². The van der Waals surface area contributed by atoms with Crippen molar-refractivity contribution in [2.45, 2.75) is 20.0 Å². The van der Waals surface area contributed by atoms with Gasteiger partial charge in [0.1, 0.15) is 5.75 Å². The summed E-state index contributed by atoms with van der Waals surface area (Å²) in [6.45, 7) is 8.49. The van der Waals surface area contributed by atoms with E-state index in [0.29, 0.717) is 0 Å². The molecule has 1 aromatic carbocycles. The second kappa shape index (κ2) is 5.93. The van der Waals surface area contributed by atoms with E-state index in [2.05, 4.69) is 58.8 Å². The number of hydrogen-bond donors (Lipinski definition) is 0. The third kappa shape index (κ3) is 3.62. The average molecular weight is 313 g/mol. The molecule has 0 atom stereocenters. The smallest absolute Gasteiger partial charge is 0.122 e. The molecule has 1 aliphatic heterocycles. The van der Waals surface area contributed by atoms with Crippen LogP contribution in [0.3, 0.4) is 0 Å². The molecule has 1 aromatic rings. The van der Waals surface area contributed by atoms with Gasteiger partial charge >= 0.3 is 0 Å². The number of hydrogen-bond acceptors (Lipinski definition) is 3. The normalized spacial score (nSPS) is 17.3. The van der Waals surface area contributed by atoms with Gasteiger partial charge in [0.2, 0.25) is 0 Å². The van der Waals surface area contributed by atoms with E-state index in [1.165, 1.54) is 5.69 Å². The quantitative estimate of drug-likeness (QED) is 0.853. The van der Waals surface area contributed by atoms with E-state index in [1.54, 1.807) is 0 Å². The van der Waals surface area contributed by atoms with E-state index in [4.69, 9.17) is 4.74 Å². The Morgan fingerprint density at radius 1 is 1.11 bits per heavy atom. The van der Waals surface area contributed by atoms with E-state index < -0.39 is 0 Å². The lowest BCUT2D eigenvalue weighted by atomic mass is 10.2. The van der Waals surface area contributed by atoms with Gasteiger partial charge in [0.25, 0.3) is 0 Å². The Hall–Kier alpha value is -0.740. The van der Waals surface area contributed by atoms with Crippen molar-refractivity contribution in [2.75, 3.05) is 38.1 Å². The minimum Gasteiger partial charge on any atom is -0.491 e. The molecule has 100 valence electrons. The molecule has 0 radical (unpaired) electrons. The molecule has 4 heteroatoms. The number of anilines is 1. The van der Waals surface area contributed by atoms with Crippen LogP contribution in [0, 0.1) is 0 Å². The van der Waals surface area contributed by atoms with Gasteiger partial charge in [0, 0.05) is 42.4 Å². The molecule has 18 heavy (non-hydrogen) atoms. The molecular weight excluding hydrogens is 292 g/mol. The summed E-state index contributed by atoms with van der Waals surface area (Å²) < 4.78 is 6.86. The van der Waals surface area contributed by atoms with Crippen molar-refractivity contribution in [2.24, 2.45) is 0 Å². The predicted molar refractivity (Wildman–Crippen MR) is 79.6 cm³/mol. The SMILES string of the molecule is CC(C)Oc1cc(Br)cc(N2CCN(C)CC2)c1. The summed E-state index contributed by atoms with van der Waals surface area (Å²) >= 11 is 3.56. The first-order chi connectivity index (χ1) is 8.54. The van der Waals surface area contributed by atoms with E-state index >= 15 is 0 Å². The topological polar surface area (TPSA) is 15.7 Å². The summed E-state index contributed by atoms with van der Waals surface area (Å²) in [5, 5.41) is 0. The molecule has 0 saturated carbocycles. The Balaban J connectivity index is 2.14. The fourth-order valence-electron chi connectivity index (χ4n) is 2.14. The lowest BCUT2D eigenvalue weighted by Crippen LogP contribution is -2.44. The van der Waals surface area contributed by atoms with Crippen molar-refractivity contribution in [3.63, 3.8) is 0 Å². The zero-order valence-corrected chi connectivity index (χ0v) is 12.9. The molecule has 2 rings (SSSR count). The highest BCUT2D eigenvalue weighted by molar-refractivity contribution is 9.10. The molecule has 0 amide bonds. The van der Waals surface area contributed by atoms with Crippen LogP contribution in [0.5, 0.6) is 5.75 Å².